The predicted octanol–water partition coefficient (Wildman–Crippen LogP) is 1.21. The second-order valence-corrected chi connectivity index (χ2v) is 3.12. The highest BCUT2D eigenvalue weighted by atomic mass is 19.1. The van der Waals surface area contributed by atoms with Gasteiger partial charge < -0.3 is 10.8 Å². The maximum absolute atomic E-state index is 13.0. The van der Waals surface area contributed by atoms with Gasteiger partial charge in [0.25, 0.3) is 0 Å². The Kier molecular flexibility index (Phi) is 4.00. The van der Waals surface area contributed by atoms with Crippen LogP contribution in [-0.2, 0) is 11.4 Å². The topological polar surface area (TPSA) is 63.3 Å². The first-order valence-corrected chi connectivity index (χ1v) is 4.47. The average Bonchev–Trinajstić information content (AvgIpc) is 2.16. The van der Waals surface area contributed by atoms with Crippen LogP contribution in [0.3, 0.4) is 0 Å². The summed E-state index contributed by atoms with van der Waals surface area (Å²) in [6, 6.07) is 4.21. The molecule has 0 heterocycles. The Morgan fingerprint density at radius 2 is 2.20 bits per heavy atom. The van der Waals surface area contributed by atoms with E-state index in [1.807, 2.05) is 0 Å². The largest absolute Gasteiger partial charge is 0.392 e. The summed E-state index contributed by atoms with van der Waals surface area (Å²) in [5, 5.41) is 8.84. The van der Waals surface area contributed by atoms with Gasteiger partial charge in [-0.25, -0.2) is 4.39 Å². The molecule has 1 rings (SSSR count). The first-order valence-electron chi connectivity index (χ1n) is 4.47. The summed E-state index contributed by atoms with van der Waals surface area (Å²) in [6.45, 7) is -0.214. The molecule has 0 unspecified atom stereocenters. The number of aliphatic hydroxyl groups is 1. The minimum Gasteiger partial charge on any atom is -0.392 e. The van der Waals surface area contributed by atoms with Crippen molar-refractivity contribution in [2.45, 2.75) is 13.0 Å². The van der Waals surface area contributed by atoms with Crippen molar-refractivity contribution in [1.29, 1.82) is 0 Å². The van der Waals surface area contributed by atoms with E-state index in [9.17, 15) is 9.18 Å². The molecule has 0 aliphatic carbocycles. The lowest BCUT2D eigenvalue weighted by Crippen LogP contribution is -2.07. The normalized spacial score (nSPS) is 10.8. The minimum absolute atomic E-state index is 0.116. The van der Waals surface area contributed by atoms with Crippen LogP contribution in [0.4, 0.5) is 4.39 Å². The molecule has 0 saturated heterocycles. The van der Waals surface area contributed by atoms with Crippen LogP contribution < -0.4 is 5.73 Å². The number of hydrogen-bond donors (Lipinski definition) is 2. The van der Waals surface area contributed by atoms with Crippen LogP contribution in [0, 0.1) is 5.82 Å². The zero-order valence-corrected chi connectivity index (χ0v) is 8.11. The van der Waals surface area contributed by atoms with Gasteiger partial charge in [-0.1, -0.05) is 12.2 Å². The SMILES string of the molecule is NC(=O)CC=Cc1cc(F)cc(CO)c1. The van der Waals surface area contributed by atoms with Crippen LogP contribution >= 0.6 is 0 Å². The van der Waals surface area contributed by atoms with E-state index >= 15 is 0 Å². The van der Waals surface area contributed by atoms with Crippen LogP contribution in [0.15, 0.2) is 24.3 Å². The van der Waals surface area contributed by atoms with E-state index in [1.54, 1.807) is 18.2 Å². The Morgan fingerprint density at radius 1 is 1.47 bits per heavy atom. The monoisotopic (exact) mass is 209 g/mol. The van der Waals surface area contributed by atoms with Crippen molar-refractivity contribution in [3.8, 4) is 0 Å². The summed E-state index contributed by atoms with van der Waals surface area (Å²) in [4.78, 5) is 10.4. The van der Waals surface area contributed by atoms with Crippen LogP contribution in [0.1, 0.15) is 17.5 Å². The number of hydrogen-bond acceptors (Lipinski definition) is 2. The first-order chi connectivity index (χ1) is 7.11. The number of rotatable bonds is 4. The van der Waals surface area contributed by atoms with E-state index in [-0.39, 0.29) is 13.0 Å². The van der Waals surface area contributed by atoms with E-state index < -0.39 is 11.7 Å². The molecule has 0 fully saturated rings. The molecule has 0 bridgehead atoms. The summed E-state index contributed by atoms with van der Waals surface area (Å²) < 4.78 is 13.0. The fraction of sp³-hybridized carbons (Fsp3) is 0.182. The van der Waals surface area contributed by atoms with E-state index in [1.165, 1.54) is 12.1 Å². The number of nitrogens with two attached hydrogens (primary N) is 1. The molecule has 3 N–H and O–H groups in total. The lowest BCUT2D eigenvalue weighted by molar-refractivity contribution is -0.117. The number of halogens is 1. The smallest absolute Gasteiger partial charge is 0.221 e. The number of carbonyl (C=O) groups is 1. The number of primary amides is 1. The van der Waals surface area contributed by atoms with Gasteiger partial charge in [0.15, 0.2) is 0 Å². The first kappa shape index (κ1) is 11.4. The molecule has 15 heavy (non-hydrogen) atoms. The summed E-state index contributed by atoms with van der Waals surface area (Å²) in [7, 11) is 0. The Morgan fingerprint density at radius 3 is 2.80 bits per heavy atom. The maximum Gasteiger partial charge on any atom is 0.221 e. The fourth-order valence-electron chi connectivity index (χ4n) is 1.17. The van der Waals surface area contributed by atoms with Gasteiger partial charge in [0.1, 0.15) is 5.82 Å². The Bertz CT molecular complexity index is 388. The molecule has 0 aromatic heterocycles. The van der Waals surface area contributed by atoms with E-state index in [4.69, 9.17) is 10.8 Å². The molecule has 80 valence electrons. The third-order valence-electron chi connectivity index (χ3n) is 1.79. The van der Waals surface area contributed by atoms with Crippen molar-refractivity contribution in [3.05, 3.63) is 41.2 Å². The molecular formula is C11H12FNO2. The third kappa shape index (κ3) is 3.91. The molecule has 1 aromatic carbocycles. The quantitative estimate of drug-likeness (QED) is 0.782. The van der Waals surface area contributed by atoms with E-state index in [0.717, 1.165) is 0 Å². The molecule has 1 aromatic rings. The third-order valence-corrected chi connectivity index (χ3v) is 1.79. The molecule has 4 heteroatoms. The highest BCUT2D eigenvalue weighted by Crippen LogP contribution is 2.11. The summed E-state index contributed by atoms with van der Waals surface area (Å²) >= 11 is 0. The molecule has 0 atom stereocenters. The zero-order valence-electron chi connectivity index (χ0n) is 8.11. The van der Waals surface area contributed by atoms with Crippen molar-refractivity contribution >= 4 is 12.0 Å². The van der Waals surface area contributed by atoms with Gasteiger partial charge in [-0.2, -0.15) is 0 Å². The summed E-state index contributed by atoms with van der Waals surface area (Å²) in [5.74, 6) is -0.856. The highest BCUT2D eigenvalue weighted by molar-refractivity contribution is 5.76. The van der Waals surface area contributed by atoms with Crippen molar-refractivity contribution in [1.82, 2.24) is 0 Å². The van der Waals surface area contributed by atoms with Crippen molar-refractivity contribution in [2.24, 2.45) is 5.73 Å². The molecule has 0 aliphatic heterocycles. The molecule has 0 spiro atoms. The van der Waals surface area contributed by atoms with Crippen molar-refractivity contribution in [3.63, 3.8) is 0 Å². The lowest BCUT2D eigenvalue weighted by atomic mass is 10.1. The van der Waals surface area contributed by atoms with Crippen molar-refractivity contribution in [2.75, 3.05) is 0 Å². The minimum atomic E-state index is -0.440. The van der Waals surface area contributed by atoms with E-state index in [2.05, 4.69) is 0 Å². The van der Waals surface area contributed by atoms with Crippen LogP contribution in [0.5, 0.6) is 0 Å². The highest BCUT2D eigenvalue weighted by Gasteiger charge is 1.97. The van der Waals surface area contributed by atoms with Crippen LogP contribution in [0.25, 0.3) is 6.08 Å². The molecular weight excluding hydrogens is 197 g/mol. The average molecular weight is 209 g/mol. The Balaban J connectivity index is 2.80. The van der Waals surface area contributed by atoms with Gasteiger partial charge in [-0.15, -0.1) is 0 Å². The van der Waals surface area contributed by atoms with Gasteiger partial charge >= 0.3 is 0 Å². The molecule has 0 saturated carbocycles. The number of benzene rings is 1. The van der Waals surface area contributed by atoms with Gasteiger partial charge in [0.2, 0.25) is 5.91 Å². The van der Waals surface area contributed by atoms with Crippen LogP contribution in [0.2, 0.25) is 0 Å². The standard InChI is InChI=1S/C11H12FNO2/c12-10-5-8(2-1-3-11(13)15)4-9(6-10)7-14/h1-2,4-6,14H,3,7H2,(H2,13,15). The van der Waals surface area contributed by atoms with Gasteiger partial charge in [-0.05, 0) is 29.3 Å². The predicted molar refractivity (Wildman–Crippen MR) is 55.2 cm³/mol. The maximum atomic E-state index is 13.0. The number of amides is 1. The van der Waals surface area contributed by atoms with Crippen LogP contribution in [-0.4, -0.2) is 11.0 Å². The van der Waals surface area contributed by atoms with Crippen molar-refractivity contribution < 1.29 is 14.3 Å². The fourth-order valence-corrected chi connectivity index (χ4v) is 1.17. The summed E-state index contributed by atoms with van der Waals surface area (Å²) in [5.41, 5.74) is 6.03. The molecule has 0 radical (unpaired) electrons. The Hall–Kier alpha value is -1.68. The second kappa shape index (κ2) is 5.26. The molecule has 0 aliphatic rings. The molecule has 3 nitrogen and oxygen atoms in total. The molecule has 1 amide bonds. The number of carbonyl (C=O) groups excluding carboxylic acids is 1. The number of aliphatic hydroxyl groups excluding tert-OH is 1. The van der Waals surface area contributed by atoms with Gasteiger partial charge in [0, 0.05) is 6.42 Å². The van der Waals surface area contributed by atoms with E-state index in [0.29, 0.717) is 11.1 Å². The summed E-state index contributed by atoms with van der Waals surface area (Å²) in [6.07, 6.45) is 3.26. The lowest BCUT2D eigenvalue weighted by Gasteiger charge is -1.99. The van der Waals surface area contributed by atoms with Gasteiger partial charge in [0.05, 0.1) is 6.61 Å². The second-order valence-electron chi connectivity index (χ2n) is 3.12. The zero-order chi connectivity index (χ0) is 11.3. The van der Waals surface area contributed by atoms with Gasteiger partial charge in [-0.3, -0.25) is 4.79 Å². The Labute approximate surface area is 87.0 Å².